The summed E-state index contributed by atoms with van der Waals surface area (Å²) < 4.78 is 5.67. The number of nitrogens with two attached hydrogens (primary N) is 1. The Bertz CT molecular complexity index is 225. The van der Waals surface area contributed by atoms with Crippen molar-refractivity contribution in [2.75, 3.05) is 19.8 Å². The largest absolute Gasteiger partial charge is 0.394 e. The van der Waals surface area contributed by atoms with Crippen molar-refractivity contribution >= 4 is 0 Å². The van der Waals surface area contributed by atoms with Gasteiger partial charge in [-0.3, -0.25) is 0 Å². The summed E-state index contributed by atoms with van der Waals surface area (Å²) in [4.78, 5) is 0. The van der Waals surface area contributed by atoms with Crippen LogP contribution in [0.3, 0.4) is 0 Å². The van der Waals surface area contributed by atoms with Gasteiger partial charge in [-0.25, -0.2) is 0 Å². The highest BCUT2D eigenvalue weighted by Crippen LogP contribution is 2.35. The van der Waals surface area contributed by atoms with Crippen LogP contribution in [0.25, 0.3) is 0 Å². The molecule has 0 saturated heterocycles. The molecule has 1 fully saturated rings. The quantitative estimate of drug-likeness (QED) is 0.704. The lowest BCUT2D eigenvalue weighted by Gasteiger charge is -2.29. The lowest BCUT2D eigenvalue weighted by atomic mass is 9.87. The first-order valence-corrected chi connectivity index (χ1v) is 6.85. The average molecular weight is 243 g/mol. The summed E-state index contributed by atoms with van der Waals surface area (Å²) in [7, 11) is 0. The molecule has 17 heavy (non-hydrogen) atoms. The molecule has 1 aliphatic carbocycles. The number of rotatable bonds is 6. The minimum atomic E-state index is -0.340. The van der Waals surface area contributed by atoms with E-state index in [2.05, 4.69) is 20.8 Å². The third kappa shape index (κ3) is 4.94. The molecule has 0 aromatic rings. The zero-order valence-electron chi connectivity index (χ0n) is 11.7. The molecule has 2 unspecified atom stereocenters. The predicted octanol–water partition coefficient (Wildman–Crippen LogP) is 2.32. The molecular weight excluding hydrogens is 214 g/mol. The van der Waals surface area contributed by atoms with Gasteiger partial charge in [0.05, 0.1) is 6.61 Å². The Morgan fingerprint density at radius 1 is 1.35 bits per heavy atom. The third-order valence-electron chi connectivity index (χ3n) is 3.91. The summed E-state index contributed by atoms with van der Waals surface area (Å²) in [5.74, 6) is 0.433. The fraction of sp³-hybridized carbons (Fsp3) is 1.00. The fourth-order valence-electron chi connectivity index (χ4n) is 2.52. The van der Waals surface area contributed by atoms with Crippen LogP contribution in [-0.2, 0) is 4.74 Å². The Hall–Kier alpha value is -0.120. The van der Waals surface area contributed by atoms with Crippen LogP contribution in [0.1, 0.15) is 52.9 Å². The van der Waals surface area contributed by atoms with Crippen LogP contribution in [0, 0.1) is 11.3 Å². The summed E-state index contributed by atoms with van der Waals surface area (Å²) in [5.41, 5.74) is 6.18. The molecule has 0 spiro atoms. The Labute approximate surface area is 106 Å². The average Bonchev–Trinajstić information content (AvgIpc) is 2.59. The minimum Gasteiger partial charge on any atom is -0.394 e. The highest BCUT2D eigenvalue weighted by molar-refractivity contribution is 4.95. The summed E-state index contributed by atoms with van der Waals surface area (Å²) in [6.07, 6.45) is 5.31. The Balaban J connectivity index is 2.14. The van der Waals surface area contributed by atoms with E-state index in [0.29, 0.717) is 11.3 Å². The Morgan fingerprint density at radius 2 is 2.06 bits per heavy atom. The van der Waals surface area contributed by atoms with Crippen molar-refractivity contribution < 1.29 is 9.84 Å². The zero-order valence-corrected chi connectivity index (χ0v) is 11.7. The molecule has 0 aliphatic heterocycles. The first kappa shape index (κ1) is 14.9. The van der Waals surface area contributed by atoms with E-state index in [0.717, 1.165) is 45.3 Å². The van der Waals surface area contributed by atoms with E-state index in [-0.39, 0.29) is 12.1 Å². The van der Waals surface area contributed by atoms with Gasteiger partial charge in [0.15, 0.2) is 0 Å². The molecule has 1 rings (SSSR count). The van der Waals surface area contributed by atoms with Crippen molar-refractivity contribution in [1.29, 1.82) is 0 Å². The van der Waals surface area contributed by atoms with Gasteiger partial charge in [0.2, 0.25) is 0 Å². The Morgan fingerprint density at radius 3 is 2.65 bits per heavy atom. The van der Waals surface area contributed by atoms with Gasteiger partial charge >= 0.3 is 0 Å². The molecule has 3 N–H and O–H groups in total. The summed E-state index contributed by atoms with van der Waals surface area (Å²) in [5, 5.41) is 9.34. The second-order valence-corrected chi connectivity index (χ2v) is 6.69. The van der Waals surface area contributed by atoms with Crippen molar-refractivity contribution in [3.8, 4) is 0 Å². The van der Waals surface area contributed by atoms with E-state index in [9.17, 15) is 5.11 Å². The summed E-state index contributed by atoms with van der Waals surface area (Å²) in [6.45, 7) is 8.39. The molecule has 0 amide bonds. The smallest absolute Gasteiger partial charge is 0.0613 e. The maximum atomic E-state index is 9.34. The van der Waals surface area contributed by atoms with E-state index in [1.807, 2.05) is 0 Å². The van der Waals surface area contributed by atoms with Gasteiger partial charge < -0.3 is 15.6 Å². The number of aliphatic hydroxyl groups excluding tert-OH is 1. The first-order valence-electron chi connectivity index (χ1n) is 6.85. The molecule has 0 radical (unpaired) electrons. The molecule has 3 heteroatoms. The van der Waals surface area contributed by atoms with E-state index in [1.54, 1.807) is 0 Å². The van der Waals surface area contributed by atoms with Crippen molar-refractivity contribution in [2.24, 2.45) is 17.1 Å². The van der Waals surface area contributed by atoms with Gasteiger partial charge in [-0.15, -0.1) is 0 Å². The van der Waals surface area contributed by atoms with Crippen LogP contribution in [0.5, 0.6) is 0 Å². The van der Waals surface area contributed by atoms with Crippen LogP contribution in [0.4, 0.5) is 0 Å². The number of hydrogen-bond acceptors (Lipinski definition) is 3. The molecule has 0 aromatic carbocycles. The highest BCUT2D eigenvalue weighted by Gasteiger charge is 2.38. The molecule has 1 aliphatic rings. The van der Waals surface area contributed by atoms with Crippen molar-refractivity contribution in [3.05, 3.63) is 0 Å². The fourth-order valence-corrected chi connectivity index (χ4v) is 2.52. The molecule has 102 valence electrons. The summed E-state index contributed by atoms with van der Waals surface area (Å²) in [6, 6.07) is 0. The van der Waals surface area contributed by atoms with E-state index in [1.165, 1.54) is 0 Å². The maximum absolute atomic E-state index is 9.34. The predicted molar refractivity (Wildman–Crippen MR) is 70.9 cm³/mol. The van der Waals surface area contributed by atoms with Crippen molar-refractivity contribution in [2.45, 2.75) is 58.4 Å². The van der Waals surface area contributed by atoms with Gasteiger partial charge in [0, 0.05) is 18.8 Å². The second-order valence-electron chi connectivity index (χ2n) is 6.69. The van der Waals surface area contributed by atoms with Crippen LogP contribution in [0.15, 0.2) is 0 Å². The number of aliphatic hydroxyl groups is 1. The second kappa shape index (κ2) is 6.17. The zero-order chi connectivity index (χ0) is 12.9. The highest BCUT2D eigenvalue weighted by atomic mass is 16.5. The Kier molecular flexibility index (Phi) is 5.42. The van der Waals surface area contributed by atoms with Gasteiger partial charge in [0.25, 0.3) is 0 Å². The van der Waals surface area contributed by atoms with Gasteiger partial charge in [0.1, 0.15) is 0 Å². The molecule has 0 aromatic heterocycles. The van der Waals surface area contributed by atoms with Gasteiger partial charge in [-0.05, 0) is 37.0 Å². The van der Waals surface area contributed by atoms with Crippen molar-refractivity contribution in [1.82, 2.24) is 0 Å². The first-order chi connectivity index (χ1) is 7.87. The van der Waals surface area contributed by atoms with Crippen LogP contribution < -0.4 is 5.73 Å². The normalized spacial score (nSPS) is 29.8. The van der Waals surface area contributed by atoms with Crippen LogP contribution in [0.2, 0.25) is 0 Å². The third-order valence-corrected chi connectivity index (χ3v) is 3.91. The van der Waals surface area contributed by atoms with Crippen LogP contribution in [-0.4, -0.2) is 30.5 Å². The molecule has 1 saturated carbocycles. The monoisotopic (exact) mass is 243 g/mol. The molecule has 2 atom stereocenters. The molecule has 0 heterocycles. The van der Waals surface area contributed by atoms with Crippen molar-refractivity contribution in [3.63, 3.8) is 0 Å². The number of hydrogen-bond donors (Lipinski definition) is 2. The minimum absolute atomic E-state index is 0.111. The summed E-state index contributed by atoms with van der Waals surface area (Å²) >= 11 is 0. The molecule has 3 nitrogen and oxygen atoms in total. The van der Waals surface area contributed by atoms with Gasteiger partial charge in [-0.2, -0.15) is 0 Å². The van der Waals surface area contributed by atoms with Crippen LogP contribution >= 0.6 is 0 Å². The lowest BCUT2D eigenvalue weighted by Crippen LogP contribution is -2.47. The number of ether oxygens (including phenoxy) is 1. The molecular formula is C14H29NO2. The SMILES string of the molecule is CC(C)(C)CCOCCC1CCCC1(N)CO. The van der Waals surface area contributed by atoms with E-state index >= 15 is 0 Å². The van der Waals surface area contributed by atoms with Gasteiger partial charge in [-0.1, -0.05) is 27.2 Å². The standard InChI is InChI=1S/C14H29NO2/c1-13(2,3)8-10-17-9-6-12-5-4-7-14(12,15)11-16/h12,16H,4-11,15H2,1-3H3. The lowest BCUT2D eigenvalue weighted by molar-refractivity contribution is 0.0799. The topological polar surface area (TPSA) is 55.5 Å². The maximum Gasteiger partial charge on any atom is 0.0613 e. The van der Waals surface area contributed by atoms with E-state index in [4.69, 9.17) is 10.5 Å². The van der Waals surface area contributed by atoms with E-state index < -0.39 is 0 Å². The molecule has 0 bridgehead atoms.